The van der Waals surface area contributed by atoms with Crippen LogP contribution in [0.4, 0.5) is 0 Å². The summed E-state index contributed by atoms with van der Waals surface area (Å²) in [5.74, 6) is 0.819. The van der Waals surface area contributed by atoms with E-state index in [4.69, 9.17) is 4.98 Å². The Balaban J connectivity index is 1.67. The minimum absolute atomic E-state index is 0.819. The van der Waals surface area contributed by atoms with E-state index < -0.39 is 0 Å². The van der Waals surface area contributed by atoms with E-state index in [2.05, 4.69) is 17.1 Å². The maximum atomic E-state index is 4.81. The van der Waals surface area contributed by atoms with Crippen molar-refractivity contribution in [2.45, 2.75) is 45.1 Å². The van der Waals surface area contributed by atoms with Gasteiger partial charge in [0.15, 0.2) is 0 Å². The average Bonchev–Trinajstić information content (AvgIpc) is 3.00. The molecular formula is C14H23N3S. The van der Waals surface area contributed by atoms with Gasteiger partial charge in [0.1, 0.15) is 5.01 Å². The number of nitrogens with zero attached hydrogens (tertiary/aromatic N) is 2. The Morgan fingerprint density at radius 1 is 1.28 bits per heavy atom. The Labute approximate surface area is 114 Å². The van der Waals surface area contributed by atoms with Crippen molar-refractivity contribution < 1.29 is 0 Å². The molecule has 2 aliphatic rings. The molecule has 3 nitrogen and oxygen atoms in total. The van der Waals surface area contributed by atoms with Crippen molar-refractivity contribution in [1.29, 1.82) is 0 Å². The first-order chi connectivity index (χ1) is 8.83. The molecule has 2 heterocycles. The van der Waals surface area contributed by atoms with Gasteiger partial charge in [-0.2, -0.15) is 0 Å². The second-order valence-corrected chi connectivity index (χ2v) is 6.68. The fourth-order valence-corrected chi connectivity index (χ4v) is 4.44. The molecule has 0 radical (unpaired) electrons. The smallest absolute Gasteiger partial charge is 0.107 e. The zero-order valence-electron chi connectivity index (χ0n) is 11.2. The Kier molecular flexibility index (Phi) is 3.97. The van der Waals surface area contributed by atoms with E-state index in [0.717, 1.165) is 38.6 Å². The summed E-state index contributed by atoms with van der Waals surface area (Å²) in [7, 11) is 0. The van der Waals surface area contributed by atoms with Gasteiger partial charge < -0.3 is 5.32 Å². The van der Waals surface area contributed by atoms with Gasteiger partial charge in [-0.25, -0.2) is 4.98 Å². The van der Waals surface area contributed by atoms with Crippen molar-refractivity contribution in [2.24, 2.45) is 0 Å². The molecule has 4 heteroatoms. The molecule has 1 aromatic heterocycles. The standard InChI is InChI=1S/C14H23N3S/c1-11-14(12-4-2-3-5-12)18-13(16-11)10-17-8-6-15-7-9-17/h12,15H,2-10H2,1H3. The fourth-order valence-electron chi connectivity index (χ4n) is 3.16. The molecule has 100 valence electrons. The monoisotopic (exact) mass is 265 g/mol. The normalized spacial score (nSPS) is 22.7. The van der Waals surface area contributed by atoms with Crippen LogP contribution >= 0.6 is 11.3 Å². The summed E-state index contributed by atoms with van der Waals surface area (Å²) in [6.07, 6.45) is 5.59. The molecule has 1 aliphatic carbocycles. The van der Waals surface area contributed by atoms with Gasteiger partial charge >= 0.3 is 0 Å². The molecule has 0 spiro atoms. The highest BCUT2D eigenvalue weighted by Gasteiger charge is 2.22. The van der Waals surface area contributed by atoms with Gasteiger partial charge in [-0.15, -0.1) is 11.3 Å². The van der Waals surface area contributed by atoms with Crippen LogP contribution in [0.3, 0.4) is 0 Å². The van der Waals surface area contributed by atoms with Gasteiger partial charge in [-0.05, 0) is 25.7 Å². The van der Waals surface area contributed by atoms with E-state index in [0.29, 0.717) is 0 Å². The maximum Gasteiger partial charge on any atom is 0.107 e. The van der Waals surface area contributed by atoms with Gasteiger partial charge in [-0.3, -0.25) is 4.90 Å². The number of thiazole rings is 1. The largest absolute Gasteiger partial charge is 0.314 e. The molecule has 3 rings (SSSR count). The van der Waals surface area contributed by atoms with E-state index in [-0.39, 0.29) is 0 Å². The zero-order chi connectivity index (χ0) is 12.4. The number of piperazine rings is 1. The molecule has 0 amide bonds. The summed E-state index contributed by atoms with van der Waals surface area (Å²) in [4.78, 5) is 8.91. The van der Waals surface area contributed by atoms with Gasteiger partial charge in [0.05, 0.1) is 12.2 Å². The van der Waals surface area contributed by atoms with Crippen molar-refractivity contribution in [3.05, 3.63) is 15.6 Å². The first kappa shape index (κ1) is 12.6. The molecule has 0 atom stereocenters. The minimum Gasteiger partial charge on any atom is -0.314 e. The molecule has 0 bridgehead atoms. The lowest BCUT2D eigenvalue weighted by molar-refractivity contribution is 0.233. The second-order valence-electron chi connectivity index (χ2n) is 5.56. The van der Waals surface area contributed by atoms with Crippen LogP contribution in [0, 0.1) is 6.92 Å². The van der Waals surface area contributed by atoms with Crippen LogP contribution in [0.1, 0.15) is 47.2 Å². The molecule has 1 saturated carbocycles. The highest BCUT2D eigenvalue weighted by molar-refractivity contribution is 7.11. The molecule has 1 N–H and O–H groups in total. The van der Waals surface area contributed by atoms with E-state index in [1.54, 1.807) is 4.88 Å². The third-order valence-corrected chi connectivity index (χ3v) is 5.48. The van der Waals surface area contributed by atoms with Crippen molar-refractivity contribution in [3.63, 3.8) is 0 Å². The minimum atomic E-state index is 0.819. The van der Waals surface area contributed by atoms with Crippen LogP contribution in [-0.4, -0.2) is 36.1 Å². The molecule has 0 unspecified atom stereocenters. The summed E-state index contributed by atoms with van der Waals surface area (Å²) >= 11 is 1.98. The molecule has 0 aromatic carbocycles. The van der Waals surface area contributed by atoms with Crippen LogP contribution in [0.25, 0.3) is 0 Å². The third kappa shape index (κ3) is 2.76. The molecule has 18 heavy (non-hydrogen) atoms. The number of aromatic nitrogens is 1. The summed E-state index contributed by atoms with van der Waals surface area (Å²) < 4.78 is 0. The van der Waals surface area contributed by atoms with E-state index in [1.165, 1.54) is 36.4 Å². The van der Waals surface area contributed by atoms with Crippen LogP contribution in [-0.2, 0) is 6.54 Å². The topological polar surface area (TPSA) is 28.2 Å². The van der Waals surface area contributed by atoms with Gasteiger partial charge in [0.25, 0.3) is 0 Å². The molecule has 1 aliphatic heterocycles. The van der Waals surface area contributed by atoms with Crippen molar-refractivity contribution in [1.82, 2.24) is 15.2 Å². The first-order valence-corrected chi connectivity index (χ1v) is 8.04. The quantitative estimate of drug-likeness (QED) is 0.910. The van der Waals surface area contributed by atoms with E-state index in [1.807, 2.05) is 11.3 Å². The van der Waals surface area contributed by atoms with E-state index >= 15 is 0 Å². The number of nitrogens with one attached hydrogen (secondary N) is 1. The first-order valence-electron chi connectivity index (χ1n) is 7.22. The van der Waals surface area contributed by atoms with Crippen LogP contribution in [0.2, 0.25) is 0 Å². The SMILES string of the molecule is Cc1nc(CN2CCNCC2)sc1C1CCCC1. The lowest BCUT2D eigenvalue weighted by atomic mass is 10.1. The molecule has 1 aromatic rings. The highest BCUT2D eigenvalue weighted by Crippen LogP contribution is 2.38. The van der Waals surface area contributed by atoms with Gasteiger partial charge in [0, 0.05) is 31.1 Å². The molecule has 2 fully saturated rings. The zero-order valence-corrected chi connectivity index (χ0v) is 12.1. The van der Waals surface area contributed by atoms with E-state index in [9.17, 15) is 0 Å². The van der Waals surface area contributed by atoms with Crippen molar-refractivity contribution in [3.8, 4) is 0 Å². The third-order valence-electron chi connectivity index (χ3n) is 4.17. The highest BCUT2D eigenvalue weighted by atomic mass is 32.1. The Bertz CT molecular complexity index is 390. The number of hydrogen-bond donors (Lipinski definition) is 1. The van der Waals surface area contributed by atoms with Crippen molar-refractivity contribution in [2.75, 3.05) is 26.2 Å². The molecular weight excluding hydrogens is 242 g/mol. The second kappa shape index (κ2) is 5.68. The lowest BCUT2D eigenvalue weighted by Crippen LogP contribution is -2.42. The Hall–Kier alpha value is -0.450. The number of aryl methyl sites for hydroxylation is 1. The van der Waals surface area contributed by atoms with Crippen molar-refractivity contribution >= 4 is 11.3 Å². The fraction of sp³-hybridized carbons (Fsp3) is 0.786. The Morgan fingerprint density at radius 3 is 2.72 bits per heavy atom. The average molecular weight is 265 g/mol. The summed E-state index contributed by atoms with van der Waals surface area (Å²) in [5, 5.41) is 4.73. The number of rotatable bonds is 3. The predicted molar refractivity (Wildman–Crippen MR) is 76.2 cm³/mol. The summed E-state index contributed by atoms with van der Waals surface area (Å²) in [6.45, 7) is 7.83. The maximum absolute atomic E-state index is 4.81. The van der Waals surface area contributed by atoms with Crippen LogP contribution in [0.5, 0.6) is 0 Å². The predicted octanol–water partition coefficient (Wildman–Crippen LogP) is 2.51. The summed E-state index contributed by atoms with van der Waals surface area (Å²) in [5.41, 5.74) is 1.30. The van der Waals surface area contributed by atoms with Gasteiger partial charge in [0.2, 0.25) is 0 Å². The summed E-state index contributed by atoms with van der Waals surface area (Å²) in [6, 6.07) is 0. The number of hydrogen-bond acceptors (Lipinski definition) is 4. The Morgan fingerprint density at radius 2 is 2.00 bits per heavy atom. The lowest BCUT2D eigenvalue weighted by Gasteiger charge is -2.26. The molecule has 1 saturated heterocycles. The van der Waals surface area contributed by atoms with Crippen LogP contribution in [0.15, 0.2) is 0 Å². The van der Waals surface area contributed by atoms with Crippen LogP contribution < -0.4 is 5.32 Å². The van der Waals surface area contributed by atoms with Gasteiger partial charge in [-0.1, -0.05) is 12.8 Å².